The standard InChI is InChI=1S/C15H22FN3O/c1-12-4-9-19(10-5-12)8-2-6-18-15(20)13-3-7-17-11-14(13)16/h3,7,11-12H,2,4-6,8-10H2,1H3,(H,18,20). The summed E-state index contributed by atoms with van der Waals surface area (Å²) in [6.45, 7) is 6.15. The van der Waals surface area contributed by atoms with Crippen LogP contribution in [0.5, 0.6) is 0 Å². The van der Waals surface area contributed by atoms with Crippen LogP contribution in [0.25, 0.3) is 0 Å². The van der Waals surface area contributed by atoms with Gasteiger partial charge in [0.2, 0.25) is 0 Å². The quantitative estimate of drug-likeness (QED) is 0.839. The van der Waals surface area contributed by atoms with Crippen LogP contribution >= 0.6 is 0 Å². The fourth-order valence-corrected chi connectivity index (χ4v) is 2.44. The summed E-state index contributed by atoms with van der Waals surface area (Å²) in [4.78, 5) is 17.8. The number of likely N-dealkylation sites (tertiary alicyclic amines) is 1. The molecule has 0 bridgehead atoms. The van der Waals surface area contributed by atoms with E-state index in [0.29, 0.717) is 6.54 Å². The molecule has 110 valence electrons. The molecule has 0 aromatic carbocycles. The van der Waals surface area contributed by atoms with Gasteiger partial charge in [-0.15, -0.1) is 0 Å². The van der Waals surface area contributed by atoms with Crippen molar-refractivity contribution in [1.29, 1.82) is 0 Å². The summed E-state index contributed by atoms with van der Waals surface area (Å²) in [5.41, 5.74) is 0.0618. The van der Waals surface area contributed by atoms with Crippen molar-refractivity contribution in [1.82, 2.24) is 15.2 Å². The zero-order valence-corrected chi connectivity index (χ0v) is 11.9. The van der Waals surface area contributed by atoms with Gasteiger partial charge in [0.25, 0.3) is 5.91 Å². The summed E-state index contributed by atoms with van der Waals surface area (Å²) < 4.78 is 13.3. The summed E-state index contributed by atoms with van der Waals surface area (Å²) in [7, 11) is 0. The zero-order valence-electron chi connectivity index (χ0n) is 11.9. The lowest BCUT2D eigenvalue weighted by Gasteiger charge is -2.30. The summed E-state index contributed by atoms with van der Waals surface area (Å²) in [5, 5.41) is 2.75. The van der Waals surface area contributed by atoms with E-state index in [9.17, 15) is 9.18 Å². The Morgan fingerprint density at radius 3 is 2.95 bits per heavy atom. The minimum atomic E-state index is -0.574. The van der Waals surface area contributed by atoms with E-state index in [1.165, 1.54) is 25.1 Å². The van der Waals surface area contributed by atoms with Gasteiger partial charge in [0.05, 0.1) is 11.8 Å². The Morgan fingerprint density at radius 1 is 1.50 bits per heavy atom. The molecule has 0 aliphatic carbocycles. The molecule has 4 nitrogen and oxygen atoms in total. The third-order valence-electron chi connectivity index (χ3n) is 3.83. The SMILES string of the molecule is CC1CCN(CCCNC(=O)c2ccncc2F)CC1. The van der Waals surface area contributed by atoms with Gasteiger partial charge in [-0.2, -0.15) is 0 Å². The lowest BCUT2D eigenvalue weighted by Crippen LogP contribution is -2.35. The van der Waals surface area contributed by atoms with E-state index in [-0.39, 0.29) is 11.5 Å². The maximum Gasteiger partial charge on any atom is 0.254 e. The van der Waals surface area contributed by atoms with Gasteiger partial charge in [0, 0.05) is 12.7 Å². The van der Waals surface area contributed by atoms with E-state index in [4.69, 9.17) is 0 Å². The van der Waals surface area contributed by atoms with Crippen molar-refractivity contribution < 1.29 is 9.18 Å². The number of rotatable bonds is 5. The van der Waals surface area contributed by atoms with Crippen molar-refractivity contribution >= 4 is 5.91 Å². The average Bonchev–Trinajstić information content (AvgIpc) is 2.46. The van der Waals surface area contributed by atoms with Crippen molar-refractivity contribution in [3.63, 3.8) is 0 Å². The average molecular weight is 279 g/mol. The van der Waals surface area contributed by atoms with Crippen LogP contribution in [0.1, 0.15) is 36.5 Å². The number of nitrogens with zero attached hydrogens (tertiary/aromatic N) is 2. The van der Waals surface area contributed by atoms with E-state index >= 15 is 0 Å². The van der Waals surface area contributed by atoms with Crippen molar-refractivity contribution in [2.75, 3.05) is 26.2 Å². The highest BCUT2D eigenvalue weighted by molar-refractivity contribution is 5.94. The molecule has 1 aromatic rings. The molecule has 0 radical (unpaired) electrons. The minimum Gasteiger partial charge on any atom is -0.352 e. The van der Waals surface area contributed by atoms with Crippen molar-refractivity contribution in [3.05, 3.63) is 29.8 Å². The highest BCUT2D eigenvalue weighted by Gasteiger charge is 2.15. The van der Waals surface area contributed by atoms with Crippen molar-refractivity contribution in [3.8, 4) is 0 Å². The van der Waals surface area contributed by atoms with Crippen LogP contribution in [0.2, 0.25) is 0 Å². The Balaban J connectivity index is 1.66. The zero-order chi connectivity index (χ0) is 14.4. The van der Waals surface area contributed by atoms with Gasteiger partial charge in [-0.1, -0.05) is 6.92 Å². The highest BCUT2D eigenvalue weighted by Crippen LogP contribution is 2.15. The first-order valence-corrected chi connectivity index (χ1v) is 7.27. The lowest BCUT2D eigenvalue weighted by molar-refractivity contribution is 0.0946. The maximum atomic E-state index is 13.3. The van der Waals surface area contributed by atoms with Gasteiger partial charge in [-0.05, 0) is 50.9 Å². The van der Waals surface area contributed by atoms with Gasteiger partial charge < -0.3 is 10.2 Å². The molecule has 2 rings (SSSR count). The Morgan fingerprint density at radius 2 is 2.25 bits per heavy atom. The van der Waals surface area contributed by atoms with Crippen molar-refractivity contribution in [2.45, 2.75) is 26.2 Å². The van der Waals surface area contributed by atoms with Gasteiger partial charge >= 0.3 is 0 Å². The monoisotopic (exact) mass is 279 g/mol. The summed E-state index contributed by atoms with van der Waals surface area (Å²) >= 11 is 0. The van der Waals surface area contributed by atoms with Crippen molar-refractivity contribution in [2.24, 2.45) is 5.92 Å². The Kier molecular flexibility index (Phi) is 5.47. The van der Waals surface area contributed by atoms with Gasteiger partial charge in [0.15, 0.2) is 5.82 Å². The molecule has 5 heteroatoms. The molecule has 1 amide bonds. The van der Waals surface area contributed by atoms with Crippen LogP contribution < -0.4 is 5.32 Å². The van der Waals surface area contributed by atoms with E-state index in [1.54, 1.807) is 0 Å². The van der Waals surface area contributed by atoms with Crippen LogP contribution in [-0.2, 0) is 0 Å². The molecule has 1 aliphatic rings. The number of nitrogens with one attached hydrogen (secondary N) is 1. The minimum absolute atomic E-state index is 0.0618. The first kappa shape index (κ1) is 14.9. The van der Waals surface area contributed by atoms with E-state index in [0.717, 1.165) is 38.2 Å². The number of aromatic nitrogens is 1. The molecule has 1 N–H and O–H groups in total. The molecule has 20 heavy (non-hydrogen) atoms. The highest BCUT2D eigenvalue weighted by atomic mass is 19.1. The normalized spacial score (nSPS) is 17.1. The number of halogens is 1. The molecule has 1 saturated heterocycles. The van der Waals surface area contributed by atoms with Crippen LogP contribution in [0.3, 0.4) is 0 Å². The Labute approximate surface area is 119 Å². The molecule has 0 saturated carbocycles. The second kappa shape index (κ2) is 7.33. The van der Waals surface area contributed by atoms with Crippen LogP contribution in [0.15, 0.2) is 18.5 Å². The molecule has 2 heterocycles. The summed E-state index contributed by atoms with van der Waals surface area (Å²) in [6, 6.07) is 1.40. The second-order valence-electron chi connectivity index (χ2n) is 5.49. The van der Waals surface area contributed by atoms with E-state index in [1.807, 2.05) is 0 Å². The predicted octanol–water partition coefficient (Wildman–Crippen LogP) is 2.07. The summed E-state index contributed by atoms with van der Waals surface area (Å²) in [6.07, 6.45) is 5.90. The van der Waals surface area contributed by atoms with Gasteiger partial charge in [0.1, 0.15) is 0 Å². The largest absolute Gasteiger partial charge is 0.352 e. The van der Waals surface area contributed by atoms with E-state index < -0.39 is 5.82 Å². The smallest absolute Gasteiger partial charge is 0.254 e. The third-order valence-corrected chi connectivity index (χ3v) is 3.83. The van der Waals surface area contributed by atoms with Crippen LogP contribution in [-0.4, -0.2) is 42.0 Å². The first-order valence-electron chi connectivity index (χ1n) is 7.27. The molecular formula is C15H22FN3O. The lowest BCUT2D eigenvalue weighted by atomic mass is 9.99. The maximum absolute atomic E-state index is 13.3. The molecule has 1 aromatic heterocycles. The molecule has 0 unspecified atom stereocenters. The third kappa shape index (κ3) is 4.27. The second-order valence-corrected chi connectivity index (χ2v) is 5.49. The topological polar surface area (TPSA) is 45.2 Å². The number of pyridine rings is 1. The molecule has 0 spiro atoms. The number of hydrogen-bond acceptors (Lipinski definition) is 3. The number of carbonyl (C=O) groups excluding carboxylic acids is 1. The Hall–Kier alpha value is -1.49. The van der Waals surface area contributed by atoms with Gasteiger partial charge in [-0.25, -0.2) is 4.39 Å². The number of carbonyl (C=O) groups is 1. The molecule has 1 fully saturated rings. The predicted molar refractivity (Wildman–Crippen MR) is 76.0 cm³/mol. The fraction of sp³-hybridized carbons (Fsp3) is 0.600. The number of piperidine rings is 1. The van der Waals surface area contributed by atoms with E-state index in [2.05, 4.69) is 22.1 Å². The van der Waals surface area contributed by atoms with Gasteiger partial charge in [-0.3, -0.25) is 9.78 Å². The molecule has 0 atom stereocenters. The summed E-state index contributed by atoms with van der Waals surface area (Å²) in [5.74, 6) is -0.104. The number of hydrogen-bond donors (Lipinski definition) is 1. The Bertz CT molecular complexity index is 444. The van der Waals surface area contributed by atoms with Crippen LogP contribution in [0.4, 0.5) is 4.39 Å². The fourth-order valence-electron chi connectivity index (χ4n) is 2.44. The first-order chi connectivity index (χ1) is 9.66. The number of amides is 1. The van der Waals surface area contributed by atoms with Crippen LogP contribution in [0, 0.1) is 11.7 Å². The molecule has 1 aliphatic heterocycles. The molecular weight excluding hydrogens is 257 g/mol.